The zero-order valence-corrected chi connectivity index (χ0v) is 10.9. The Hall–Kier alpha value is -1.38. The maximum atomic E-state index is 9.76. The van der Waals surface area contributed by atoms with Gasteiger partial charge in [-0.25, -0.2) is 0 Å². The molecule has 0 saturated heterocycles. The predicted molar refractivity (Wildman–Crippen MR) is 75.3 cm³/mol. The summed E-state index contributed by atoms with van der Waals surface area (Å²) in [4.78, 5) is 2.34. The SMILES string of the molecule is C=C[C@H]1CC=C[C@H](C)N1[C@@H](CO)c1ccccc1. The summed E-state index contributed by atoms with van der Waals surface area (Å²) in [6, 6.07) is 10.8. The maximum absolute atomic E-state index is 9.76. The van der Waals surface area contributed by atoms with Crippen LogP contribution in [0.25, 0.3) is 0 Å². The van der Waals surface area contributed by atoms with Crippen LogP contribution in [-0.4, -0.2) is 28.7 Å². The van der Waals surface area contributed by atoms with Crippen molar-refractivity contribution in [2.24, 2.45) is 0 Å². The lowest BCUT2D eigenvalue weighted by Crippen LogP contribution is -2.45. The fourth-order valence-electron chi connectivity index (χ4n) is 2.72. The highest BCUT2D eigenvalue weighted by Gasteiger charge is 2.29. The number of aliphatic hydroxyl groups is 1. The molecule has 0 radical (unpaired) electrons. The van der Waals surface area contributed by atoms with E-state index < -0.39 is 0 Å². The van der Waals surface area contributed by atoms with Crippen molar-refractivity contribution in [2.75, 3.05) is 6.61 Å². The minimum Gasteiger partial charge on any atom is -0.394 e. The van der Waals surface area contributed by atoms with E-state index >= 15 is 0 Å². The minimum absolute atomic E-state index is 0.0362. The van der Waals surface area contributed by atoms with Gasteiger partial charge in [0.05, 0.1) is 12.6 Å². The Morgan fingerprint density at radius 1 is 1.44 bits per heavy atom. The summed E-state index contributed by atoms with van der Waals surface area (Å²) in [6.45, 7) is 6.22. The Morgan fingerprint density at radius 2 is 2.17 bits per heavy atom. The molecule has 18 heavy (non-hydrogen) atoms. The van der Waals surface area contributed by atoms with Crippen molar-refractivity contribution in [3.63, 3.8) is 0 Å². The van der Waals surface area contributed by atoms with Gasteiger partial charge >= 0.3 is 0 Å². The van der Waals surface area contributed by atoms with Crippen LogP contribution in [0.4, 0.5) is 0 Å². The highest BCUT2D eigenvalue weighted by Crippen LogP contribution is 2.29. The Bertz CT molecular complexity index is 412. The van der Waals surface area contributed by atoms with E-state index in [4.69, 9.17) is 0 Å². The average Bonchev–Trinajstić information content (AvgIpc) is 2.42. The lowest BCUT2D eigenvalue weighted by Gasteiger charge is -2.41. The van der Waals surface area contributed by atoms with E-state index in [2.05, 4.69) is 42.7 Å². The van der Waals surface area contributed by atoms with Crippen molar-refractivity contribution >= 4 is 0 Å². The van der Waals surface area contributed by atoms with Crippen molar-refractivity contribution in [1.29, 1.82) is 0 Å². The van der Waals surface area contributed by atoms with Crippen LogP contribution < -0.4 is 0 Å². The van der Waals surface area contributed by atoms with E-state index in [0.29, 0.717) is 12.1 Å². The van der Waals surface area contributed by atoms with Crippen molar-refractivity contribution in [2.45, 2.75) is 31.5 Å². The summed E-state index contributed by atoms with van der Waals surface area (Å²) in [5.41, 5.74) is 1.16. The Morgan fingerprint density at radius 3 is 2.78 bits per heavy atom. The molecule has 3 atom stereocenters. The van der Waals surface area contributed by atoms with Gasteiger partial charge in [-0.2, -0.15) is 0 Å². The van der Waals surface area contributed by atoms with Crippen molar-refractivity contribution in [3.8, 4) is 0 Å². The molecule has 0 spiro atoms. The second-order valence-corrected chi connectivity index (χ2v) is 4.76. The van der Waals surface area contributed by atoms with Gasteiger partial charge in [0, 0.05) is 12.1 Å². The van der Waals surface area contributed by atoms with Gasteiger partial charge in [0.15, 0.2) is 0 Å². The van der Waals surface area contributed by atoms with Gasteiger partial charge in [0.2, 0.25) is 0 Å². The highest BCUT2D eigenvalue weighted by molar-refractivity contribution is 5.21. The zero-order chi connectivity index (χ0) is 13.0. The molecule has 0 fully saturated rings. The van der Waals surface area contributed by atoms with E-state index in [9.17, 15) is 5.11 Å². The Kier molecular flexibility index (Phi) is 4.34. The molecular formula is C16H21NO. The van der Waals surface area contributed by atoms with E-state index in [-0.39, 0.29) is 12.6 Å². The summed E-state index contributed by atoms with van der Waals surface area (Å²) in [5, 5.41) is 9.76. The molecule has 0 aliphatic carbocycles. The van der Waals surface area contributed by atoms with Gasteiger partial charge in [0.1, 0.15) is 0 Å². The fourth-order valence-corrected chi connectivity index (χ4v) is 2.72. The summed E-state index contributed by atoms with van der Waals surface area (Å²) in [6.07, 6.45) is 7.35. The normalized spacial score (nSPS) is 25.9. The molecule has 1 aliphatic heterocycles. The van der Waals surface area contributed by atoms with Gasteiger partial charge in [0.25, 0.3) is 0 Å². The lowest BCUT2D eigenvalue weighted by atomic mass is 9.96. The first-order chi connectivity index (χ1) is 8.77. The third kappa shape index (κ3) is 2.55. The van der Waals surface area contributed by atoms with Crippen LogP contribution in [0, 0.1) is 0 Å². The van der Waals surface area contributed by atoms with Gasteiger partial charge < -0.3 is 5.11 Å². The molecule has 0 saturated carbocycles. The molecule has 2 heteroatoms. The fraction of sp³-hybridized carbons (Fsp3) is 0.375. The van der Waals surface area contributed by atoms with Crippen LogP contribution in [0.2, 0.25) is 0 Å². The maximum Gasteiger partial charge on any atom is 0.0629 e. The molecule has 2 rings (SSSR count). The second-order valence-electron chi connectivity index (χ2n) is 4.76. The van der Waals surface area contributed by atoms with E-state index in [0.717, 1.165) is 12.0 Å². The number of hydrogen-bond donors (Lipinski definition) is 1. The van der Waals surface area contributed by atoms with Crippen molar-refractivity contribution in [1.82, 2.24) is 4.90 Å². The van der Waals surface area contributed by atoms with E-state index in [1.54, 1.807) is 0 Å². The molecule has 96 valence electrons. The van der Waals surface area contributed by atoms with Crippen LogP contribution in [0.3, 0.4) is 0 Å². The van der Waals surface area contributed by atoms with Crippen LogP contribution in [0.1, 0.15) is 24.9 Å². The third-order valence-corrected chi connectivity index (χ3v) is 3.63. The number of nitrogens with zero attached hydrogens (tertiary/aromatic N) is 1. The summed E-state index contributed by atoms with van der Waals surface area (Å²) in [5.74, 6) is 0. The predicted octanol–water partition coefficient (Wildman–Crippen LogP) is 2.93. The van der Waals surface area contributed by atoms with Crippen molar-refractivity contribution < 1.29 is 5.11 Å². The van der Waals surface area contributed by atoms with E-state index in [1.165, 1.54) is 0 Å². The number of hydrogen-bond acceptors (Lipinski definition) is 2. The first kappa shape index (κ1) is 13.1. The summed E-state index contributed by atoms with van der Waals surface area (Å²) < 4.78 is 0. The van der Waals surface area contributed by atoms with Gasteiger partial charge in [-0.15, -0.1) is 6.58 Å². The molecular weight excluding hydrogens is 222 g/mol. The third-order valence-electron chi connectivity index (χ3n) is 3.63. The first-order valence-electron chi connectivity index (χ1n) is 6.50. The molecule has 1 N–H and O–H groups in total. The van der Waals surface area contributed by atoms with Crippen LogP contribution in [0.15, 0.2) is 55.1 Å². The Balaban J connectivity index is 2.31. The number of benzene rings is 1. The monoisotopic (exact) mass is 243 g/mol. The Labute approximate surface area is 109 Å². The standard InChI is InChI=1S/C16H21NO/c1-3-15-11-7-8-13(2)17(15)16(12-18)14-9-5-4-6-10-14/h3-10,13,15-16,18H,1,11-12H2,2H3/t13-,15-,16-/m0/s1. The lowest BCUT2D eigenvalue weighted by molar-refractivity contribution is 0.0761. The van der Waals surface area contributed by atoms with E-state index in [1.807, 2.05) is 24.3 Å². The number of rotatable bonds is 4. The van der Waals surface area contributed by atoms with Gasteiger partial charge in [-0.3, -0.25) is 4.90 Å². The second kappa shape index (κ2) is 5.98. The molecule has 1 aromatic rings. The average molecular weight is 243 g/mol. The van der Waals surface area contributed by atoms with Gasteiger partial charge in [-0.05, 0) is 18.9 Å². The molecule has 1 aromatic carbocycles. The zero-order valence-electron chi connectivity index (χ0n) is 10.9. The first-order valence-corrected chi connectivity index (χ1v) is 6.50. The van der Waals surface area contributed by atoms with Crippen molar-refractivity contribution in [3.05, 3.63) is 60.7 Å². The topological polar surface area (TPSA) is 23.5 Å². The molecule has 0 aromatic heterocycles. The number of aliphatic hydroxyl groups excluding tert-OH is 1. The molecule has 2 nitrogen and oxygen atoms in total. The van der Waals surface area contributed by atoms with Crippen LogP contribution >= 0.6 is 0 Å². The van der Waals surface area contributed by atoms with Crippen LogP contribution in [-0.2, 0) is 0 Å². The molecule has 0 bridgehead atoms. The smallest absolute Gasteiger partial charge is 0.0629 e. The molecule has 1 heterocycles. The quantitative estimate of drug-likeness (QED) is 0.822. The molecule has 1 aliphatic rings. The largest absolute Gasteiger partial charge is 0.394 e. The molecule has 0 amide bonds. The minimum atomic E-state index is 0.0362. The summed E-state index contributed by atoms with van der Waals surface area (Å²) in [7, 11) is 0. The highest BCUT2D eigenvalue weighted by atomic mass is 16.3. The molecule has 0 unspecified atom stereocenters. The van der Waals surface area contributed by atoms with Crippen LogP contribution in [0.5, 0.6) is 0 Å². The van der Waals surface area contributed by atoms with Gasteiger partial charge in [-0.1, -0.05) is 48.6 Å². The summed E-state index contributed by atoms with van der Waals surface area (Å²) >= 11 is 0.